The highest BCUT2D eigenvalue weighted by Gasteiger charge is 2.20. The quantitative estimate of drug-likeness (QED) is 0.485. The lowest BCUT2D eigenvalue weighted by Crippen LogP contribution is -2.28. The van der Waals surface area contributed by atoms with Crippen molar-refractivity contribution in [2.75, 3.05) is 13.4 Å². The van der Waals surface area contributed by atoms with Crippen LogP contribution >= 0.6 is 11.8 Å². The average Bonchev–Trinajstić information content (AvgIpc) is 3.40. The van der Waals surface area contributed by atoms with Gasteiger partial charge in [-0.05, 0) is 42.7 Å². The number of benzene rings is 2. The molecule has 2 aliphatic rings. The van der Waals surface area contributed by atoms with E-state index >= 15 is 0 Å². The van der Waals surface area contributed by atoms with Gasteiger partial charge in [-0.25, -0.2) is 4.98 Å². The Morgan fingerprint density at radius 2 is 2.04 bits per heavy atom. The van der Waals surface area contributed by atoms with E-state index in [1.807, 2.05) is 42.5 Å². The van der Waals surface area contributed by atoms with Gasteiger partial charge in [0.05, 0.1) is 23.6 Å². The predicted molar refractivity (Wildman–Crippen MR) is 107 cm³/mol. The number of hydrogen-bond acceptors (Lipinski definition) is 6. The number of nitrogens with zero attached hydrogens (tertiary/aromatic N) is 2. The van der Waals surface area contributed by atoms with Crippen molar-refractivity contribution in [3.05, 3.63) is 58.4 Å². The number of thioether (sulfide) groups is 1. The Morgan fingerprint density at radius 3 is 2.93 bits per heavy atom. The molecule has 1 fully saturated rings. The van der Waals surface area contributed by atoms with Crippen molar-refractivity contribution < 1.29 is 14.2 Å². The summed E-state index contributed by atoms with van der Waals surface area (Å²) in [5, 5.41) is 1.37. The fourth-order valence-electron chi connectivity index (χ4n) is 3.59. The van der Waals surface area contributed by atoms with E-state index in [1.165, 1.54) is 0 Å². The molecule has 1 aromatic heterocycles. The van der Waals surface area contributed by atoms with Crippen LogP contribution in [0.3, 0.4) is 0 Å². The first kappa shape index (κ1) is 17.6. The Balaban J connectivity index is 1.47. The molecule has 0 amide bonds. The van der Waals surface area contributed by atoms with E-state index in [-0.39, 0.29) is 18.5 Å². The van der Waals surface area contributed by atoms with Gasteiger partial charge in [0.25, 0.3) is 5.56 Å². The van der Waals surface area contributed by atoms with Gasteiger partial charge >= 0.3 is 0 Å². The van der Waals surface area contributed by atoms with Gasteiger partial charge < -0.3 is 14.2 Å². The monoisotopic (exact) mass is 396 g/mol. The second-order valence-corrected chi connectivity index (χ2v) is 7.88. The molecule has 1 saturated heterocycles. The Bertz CT molecular complexity index is 1080. The Morgan fingerprint density at radius 1 is 1.14 bits per heavy atom. The lowest BCUT2D eigenvalue weighted by atomic mass is 10.2. The molecule has 0 aliphatic carbocycles. The number of rotatable bonds is 5. The van der Waals surface area contributed by atoms with Crippen LogP contribution in [0.1, 0.15) is 18.4 Å². The predicted octanol–water partition coefficient (Wildman–Crippen LogP) is 3.60. The summed E-state index contributed by atoms with van der Waals surface area (Å²) in [6.07, 6.45) is 2.09. The Kier molecular flexibility index (Phi) is 4.70. The van der Waals surface area contributed by atoms with Crippen LogP contribution in [0.15, 0.2) is 52.4 Å². The summed E-state index contributed by atoms with van der Waals surface area (Å²) in [7, 11) is 0. The molecule has 0 saturated carbocycles. The normalized spacial score (nSPS) is 18.1. The first-order valence-corrected chi connectivity index (χ1v) is 10.4. The summed E-state index contributed by atoms with van der Waals surface area (Å²) >= 11 is 1.56. The number of para-hydroxylation sites is 1. The molecule has 6 nitrogen and oxygen atoms in total. The molecule has 0 radical (unpaired) electrons. The third-order valence-electron chi connectivity index (χ3n) is 5.04. The maximum atomic E-state index is 13.1. The molecule has 3 aromatic rings. The van der Waals surface area contributed by atoms with Crippen LogP contribution in [-0.4, -0.2) is 29.1 Å². The van der Waals surface area contributed by atoms with Crippen molar-refractivity contribution >= 4 is 22.7 Å². The van der Waals surface area contributed by atoms with Crippen molar-refractivity contribution in [3.63, 3.8) is 0 Å². The number of aromatic nitrogens is 2. The molecule has 0 unspecified atom stereocenters. The van der Waals surface area contributed by atoms with Gasteiger partial charge in [0.15, 0.2) is 16.7 Å². The topological polar surface area (TPSA) is 62.6 Å². The van der Waals surface area contributed by atoms with Crippen LogP contribution in [0.4, 0.5) is 0 Å². The van der Waals surface area contributed by atoms with Gasteiger partial charge in [0.2, 0.25) is 6.79 Å². The lowest BCUT2D eigenvalue weighted by molar-refractivity contribution is 0.0937. The molecule has 144 valence electrons. The van der Waals surface area contributed by atoms with Gasteiger partial charge in [-0.1, -0.05) is 30.0 Å². The standard InChI is InChI=1S/C21H20N2O4S/c24-20-16-5-1-2-6-17(16)22-21(23(20)11-15-4-3-9-25-15)28-12-14-7-8-18-19(10-14)27-13-26-18/h1-2,5-8,10,15H,3-4,9,11-13H2/t15-/m1/s1. The van der Waals surface area contributed by atoms with Gasteiger partial charge in [-0.3, -0.25) is 9.36 Å². The Labute approximate surface area is 166 Å². The largest absolute Gasteiger partial charge is 0.454 e. The maximum Gasteiger partial charge on any atom is 0.262 e. The van der Waals surface area contributed by atoms with E-state index in [4.69, 9.17) is 19.2 Å². The molecule has 0 spiro atoms. The molecule has 2 aromatic carbocycles. The van der Waals surface area contributed by atoms with Crippen LogP contribution in [0.5, 0.6) is 11.5 Å². The first-order chi connectivity index (χ1) is 13.8. The highest BCUT2D eigenvalue weighted by molar-refractivity contribution is 7.98. The van der Waals surface area contributed by atoms with E-state index in [9.17, 15) is 4.79 Å². The molecule has 3 heterocycles. The fourth-order valence-corrected chi connectivity index (χ4v) is 4.54. The smallest absolute Gasteiger partial charge is 0.262 e. The highest BCUT2D eigenvalue weighted by Crippen LogP contribution is 2.34. The van der Waals surface area contributed by atoms with Gasteiger partial charge in [0, 0.05) is 12.4 Å². The van der Waals surface area contributed by atoms with Crippen LogP contribution in [0.25, 0.3) is 10.9 Å². The molecule has 28 heavy (non-hydrogen) atoms. The summed E-state index contributed by atoms with van der Waals surface area (Å²) in [4.78, 5) is 17.9. The zero-order valence-corrected chi connectivity index (χ0v) is 16.1. The second kappa shape index (κ2) is 7.48. The summed E-state index contributed by atoms with van der Waals surface area (Å²) in [6, 6.07) is 13.4. The van der Waals surface area contributed by atoms with Crippen molar-refractivity contribution in [1.82, 2.24) is 9.55 Å². The molecular formula is C21H20N2O4S. The Hall–Kier alpha value is -2.51. The molecule has 0 N–H and O–H groups in total. The van der Waals surface area contributed by atoms with E-state index in [1.54, 1.807) is 16.3 Å². The molecule has 5 rings (SSSR count). The van der Waals surface area contributed by atoms with E-state index < -0.39 is 0 Å². The minimum absolute atomic E-state index is 0.00529. The second-order valence-electron chi connectivity index (χ2n) is 6.94. The van der Waals surface area contributed by atoms with Crippen LogP contribution in [-0.2, 0) is 17.0 Å². The van der Waals surface area contributed by atoms with Crippen LogP contribution < -0.4 is 15.0 Å². The average molecular weight is 396 g/mol. The molecular weight excluding hydrogens is 376 g/mol. The van der Waals surface area contributed by atoms with Gasteiger partial charge in [-0.15, -0.1) is 0 Å². The summed E-state index contributed by atoms with van der Waals surface area (Å²) in [6.45, 7) is 1.57. The van der Waals surface area contributed by atoms with Crippen molar-refractivity contribution in [2.45, 2.75) is 36.4 Å². The number of fused-ring (bicyclic) bond motifs is 2. The third kappa shape index (κ3) is 3.36. The molecule has 1 atom stereocenters. The third-order valence-corrected chi connectivity index (χ3v) is 6.09. The summed E-state index contributed by atoms with van der Waals surface area (Å²) in [5.41, 5.74) is 1.82. The summed E-state index contributed by atoms with van der Waals surface area (Å²) in [5.74, 6) is 2.22. The van der Waals surface area contributed by atoms with Crippen LogP contribution in [0.2, 0.25) is 0 Å². The lowest BCUT2D eigenvalue weighted by Gasteiger charge is -2.16. The summed E-state index contributed by atoms with van der Waals surface area (Å²) < 4.78 is 18.4. The van der Waals surface area contributed by atoms with Gasteiger partial charge in [0.1, 0.15) is 0 Å². The number of ether oxygens (including phenoxy) is 3. The molecule has 2 aliphatic heterocycles. The molecule has 0 bridgehead atoms. The molecule has 7 heteroatoms. The van der Waals surface area contributed by atoms with Crippen molar-refractivity contribution in [3.8, 4) is 11.5 Å². The van der Waals surface area contributed by atoms with Crippen LogP contribution in [0, 0.1) is 0 Å². The van der Waals surface area contributed by atoms with E-state index in [0.29, 0.717) is 17.7 Å². The zero-order chi connectivity index (χ0) is 18.9. The minimum atomic E-state index is -0.00529. The van der Waals surface area contributed by atoms with E-state index in [2.05, 4.69) is 0 Å². The highest BCUT2D eigenvalue weighted by atomic mass is 32.2. The number of hydrogen-bond donors (Lipinski definition) is 0. The fraction of sp³-hybridized carbons (Fsp3) is 0.333. The minimum Gasteiger partial charge on any atom is -0.454 e. The zero-order valence-electron chi connectivity index (χ0n) is 15.3. The SMILES string of the molecule is O=c1c2ccccc2nc(SCc2ccc3c(c2)OCO3)n1C[C@H]1CCCO1. The van der Waals surface area contributed by atoms with Crippen molar-refractivity contribution in [2.24, 2.45) is 0 Å². The van der Waals surface area contributed by atoms with Gasteiger partial charge in [-0.2, -0.15) is 0 Å². The maximum absolute atomic E-state index is 13.1. The van der Waals surface area contributed by atoms with E-state index in [0.717, 1.165) is 47.2 Å². The first-order valence-electron chi connectivity index (χ1n) is 9.40. The van der Waals surface area contributed by atoms with Crippen molar-refractivity contribution in [1.29, 1.82) is 0 Å².